The average molecular weight is 372 g/mol. The average Bonchev–Trinajstić information content (AvgIpc) is 2.98. The highest BCUT2D eigenvalue weighted by atomic mass is 32.2. The van der Waals surface area contributed by atoms with Gasteiger partial charge in [-0.2, -0.15) is 5.10 Å². The number of benzene rings is 2. The number of H-pyrrole nitrogens is 1. The van der Waals surface area contributed by atoms with E-state index in [2.05, 4.69) is 41.4 Å². The first-order valence-electron chi connectivity index (χ1n) is 8.21. The summed E-state index contributed by atoms with van der Waals surface area (Å²) < 4.78 is 8.29. The maximum absolute atomic E-state index is 5.74. The lowest BCUT2D eigenvalue weighted by molar-refractivity contribution is 0.339. The molecule has 1 heterocycles. The second kappa shape index (κ2) is 8.36. The molecule has 0 spiro atoms. The van der Waals surface area contributed by atoms with Gasteiger partial charge in [0.05, 0.1) is 18.0 Å². The maximum Gasteiger partial charge on any atom is 0.200 e. The lowest BCUT2D eigenvalue weighted by atomic mass is 10.1. The van der Waals surface area contributed by atoms with Gasteiger partial charge in [0.15, 0.2) is 4.77 Å². The fraction of sp³-hybridized carbons (Fsp3) is 0.263. The summed E-state index contributed by atoms with van der Waals surface area (Å²) in [5, 5.41) is 7.33. The van der Waals surface area contributed by atoms with E-state index >= 15 is 0 Å². The van der Waals surface area contributed by atoms with Crippen LogP contribution >= 0.6 is 24.0 Å². The molecule has 3 rings (SSSR count). The molecule has 0 fully saturated rings. The van der Waals surface area contributed by atoms with Crippen LogP contribution in [-0.2, 0) is 11.5 Å². The number of hydrogen-bond donors (Lipinski definition) is 1. The number of rotatable bonds is 7. The number of aryl methyl sites for hydroxylation is 1. The first kappa shape index (κ1) is 17.8. The van der Waals surface area contributed by atoms with Crippen molar-refractivity contribution in [2.24, 2.45) is 0 Å². The third kappa shape index (κ3) is 4.14. The fourth-order valence-electron chi connectivity index (χ4n) is 2.62. The van der Waals surface area contributed by atoms with E-state index < -0.39 is 0 Å². The van der Waals surface area contributed by atoms with Crippen molar-refractivity contribution in [2.45, 2.75) is 25.4 Å². The molecule has 3 aromatic rings. The highest BCUT2D eigenvalue weighted by Gasteiger charge is 2.13. The van der Waals surface area contributed by atoms with Crippen molar-refractivity contribution in [2.75, 3.05) is 6.61 Å². The Labute approximate surface area is 157 Å². The van der Waals surface area contributed by atoms with Crippen molar-refractivity contribution >= 4 is 24.0 Å². The van der Waals surface area contributed by atoms with Crippen molar-refractivity contribution in [1.82, 2.24) is 14.8 Å². The molecule has 130 valence electrons. The number of hydrogen-bond acceptors (Lipinski definition) is 4. The molecule has 4 nitrogen and oxygen atoms in total. The van der Waals surface area contributed by atoms with Crippen LogP contribution in [0.5, 0.6) is 5.75 Å². The molecule has 6 heteroatoms. The molecule has 1 N–H and O–H groups in total. The van der Waals surface area contributed by atoms with E-state index in [0.717, 1.165) is 28.8 Å². The zero-order valence-electron chi connectivity index (χ0n) is 14.4. The molecule has 25 heavy (non-hydrogen) atoms. The number of nitrogens with zero attached hydrogens (tertiary/aromatic N) is 2. The minimum atomic E-state index is 0.582. The molecule has 0 radical (unpaired) electrons. The Bertz CT molecular complexity index is 901. The van der Waals surface area contributed by atoms with Crippen molar-refractivity contribution in [3.05, 3.63) is 70.3 Å². The van der Waals surface area contributed by atoms with Crippen LogP contribution in [0.2, 0.25) is 0 Å². The summed E-state index contributed by atoms with van der Waals surface area (Å²) >= 11 is 7.27. The van der Waals surface area contributed by atoms with Crippen molar-refractivity contribution in [3.8, 4) is 11.4 Å². The molecule has 0 aliphatic heterocycles. The van der Waals surface area contributed by atoms with Gasteiger partial charge in [-0.1, -0.05) is 36.4 Å². The topological polar surface area (TPSA) is 42.8 Å². The second-order valence-corrected chi connectivity index (χ2v) is 6.97. The van der Waals surface area contributed by atoms with Gasteiger partial charge in [-0.3, -0.25) is 9.67 Å². The smallest absolute Gasteiger partial charge is 0.200 e. The largest absolute Gasteiger partial charge is 0.492 e. The van der Waals surface area contributed by atoms with E-state index in [0.29, 0.717) is 11.4 Å². The van der Waals surface area contributed by atoms with Crippen LogP contribution in [0.1, 0.15) is 23.9 Å². The van der Waals surface area contributed by atoms with E-state index in [1.54, 1.807) is 0 Å². The third-order valence-electron chi connectivity index (χ3n) is 3.90. The lowest BCUT2D eigenvalue weighted by Crippen LogP contribution is -2.04. The normalized spacial score (nSPS) is 10.8. The van der Waals surface area contributed by atoms with Crippen LogP contribution in [0.25, 0.3) is 5.69 Å². The second-order valence-electron chi connectivity index (χ2n) is 5.60. The number of ether oxygens (including phenoxy) is 1. The van der Waals surface area contributed by atoms with Gasteiger partial charge < -0.3 is 4.74 Å². The Balaban J connectivity index is 1.81. The zero-order chi connectivity index (χ0) is 17.6. The van der Waals surface area contributed by atoms with Gasteiger partial charge in [0.1, 0.15) is 11.6 Å². The number of para-hydroxylation sites is 2. The molecular formula is C19H21N3OS2. The summed E-state index contributed by atoms with van der Waals surface area (Å²) in [6, 6.07) is 16.4. The lowest BCUT2D eigenvalue weighted by Gasteiger charge is -2.12. The number of thioether (sulfide) groups is 1. The van der Waals surface area contributed by atoms with E-state index in [1.807, 2.05) is 47.5 Å². The van der Waals surface area contributed by atoms with Crippen LogP contribution in [0, 0.1) is 11.7 Å². The standard InChI is InChI=1S/C19H21N3OS2/c1-3-23-17-11-7-6-10-16(17)22-18(20-21-19(22)24)13-25-12-15-9-5-4-8-14(15)2/h4-11H,3,12-13H2,1-2H3,(H,21,24). The Hall–Kier alpha value is -2.05. The molecule has 0 amide bonds. The Morgan fingerprint density at radius 3 is 2.68 bits per heavy atom. The SMILES string of the molecule is CCOc1ccccc1-n1c(CSCc2ccccc2C)n[nH]c1=S. The summed E-state index contributed by atoms with van der Waals surface area (Å²) in [5.41, 5.74) is 3.59. The van der Waals surface area contributed by atoms with Crippen molar-refractivity contribution in [3.63, 3.8) is 0 Å². The molecule has 0 aliphatic rings. The quantitative estimate of drug-likeness (QED) is 0.589. The third-order valence-corrected chi connectivity index (χ3v) is 5.15. The van der Waals surface area contributed by atoms with Crippen molar-refractivity contribution in [1.29, 1.82) is 0 Å². The van der Waals surface area contributed by atoms with Crippen molar-refractivity contribution < 1.29 is 4.74 Å². The number of aromatic amines is 1. The fourth-order valence-corrected chi connectivity index (χ4v) is 3.89. The summed E-state index contributed by atoms with van der Waals surface area (Å²) in [7, 11) is 0. The van der Waals surface area contributed by atoms with Crippen LogP contribution in [0.4, 0.5) is 0 Å². The number of aromatic nitrogens is 3. The molecule has 0 aliphatic carbocycles. The van der Waals surface area contributed by atoms with Gasteiger partial charge >= 0.3 is 0 Å². The van der Waals surface area contributed by atoms with Gasteiger partial charge in [-0.05, 0) is 49.3 Å². The summed E-state index contributed by atoms with van der Waals surface area (Å²) in [6.07, 6.45) is 0. The van der Waals surface area contributed by atoms with Crippen LogP contribution in [-0.4, -0.2) is 21.4 Å². The van der Waals surface area contributed by atoms with Crippen LogP contribution in [0.15, 0.2) is 48.5 Å². The van der Waals surface area contributed by atoms with Crippen LogP contribution in [0.3, 0.4) is 0 Å². The molecule has 0 saturated carbocycles. The zero-order valence-corrected chi connectivity index (χ0v) is 16.0. The molecular weight excluding hydrogens is 350 g/mol. The predicted molar refractivity (Wildman–Crippen MR) is 106 cm³/mol. The first-order chi connectivity index (χ1) is 12.2. The van der Waals surface area contributed by atoms with Crippen LogP contribution < -0.4 is 4.74 Å². The molecule has 0 saturated heterocycles. The monoisotopic (exact) mass is 371 g/mol. The minimum absolute atomic E-state index is 0.582. The van der Waals surface area contributed by atoms with Gasteiger partial charge in [0, 0.05) is 5.75 Å². The molecule has 0 unspecified atom stereocenters. The molecule has 0 atom stereocenters. The summed E-state index contributed by atoms with van der Waals surface area (Å²) in [5.74, 6) is 3.42. The molecule has 1 aromatic heterocycles. The van der Waals surface area contributed by atoms with Gasteiger partial charge in [0.25, 0.3) is 0 Å². The minimum Gasteiger partial charge on any atom is -0.492 e. The van der Waals surface area contributed by atoms with E-state index in [1.165, 1.54) is 11.1 Å². The molecule has 0 bridgehead atoms. The Morgan fingerprint density at radius 2 is 1.88 bits per heavy atom. The van der Waals surface area contributed by atoms with E-state index in [9.17, 15) is 0 Å². The first-order valence-corrected chi connectivity index (χ1v) is 9.77. The summed E-state index contributed by atoms with van der Waals surface area (Å²) in [6.45, 7) is 4.73. The van der Waals surface area contributed by atoms with E-state index in [-0.39, 0.29) is 0 Å². The highest BCUT2D eigenvalue weighted by Crippen LogP contribution is 2.26. The van der Waals surface area contributed by atoms with Gasteiger partial charge in [-0.15, -0.1) is 11.8 Å². The maximum atomic E-state index is 5.74. The summed E-state index contributed by atoms with van der Waals surface area (Å²) in [4.78, 5) is 0. The molecule has 2 aromatic carbocycles. The Morgan fingerprint density at radius 1 is 1.12 bits per heavy atom. The number of nitrogens with one attached hydrogen (secondary N) is 1. The van der Waals surface area contributed by atoms with Gasteiger partial charge in [0.2, 0.25) is 0 Å². The highest BCUT2D eigenvalue weighted by molar-refractivity contribution is 7.97. The van der Waals surface area contributed by atoms with Gasteiger partial charge in [-0.25, -0.2) is 0 Å². The Kier molecular flexibility index (Phi) is 5.94. The predicted octanol–water partition coefficient (Wildman–Crippen LogP) is 5.07. The van der Waals surface area contributed by atoms with E-state index in [4.69, 9.17) is 17.0 Å².